The highest BCUT2D eigenvalue weighted by Crippen LogP contribution is 2.22. The largest absolute Gasteiger partial charge is 0.351 e. The Kier molecular flexibility index (Phi) is 3.69. The van der Waals surface area contributed by atoms with Crippen molar-refractivity contribution >= 4 is 11.8 Å². The number of aromatic nitrogens is 2. The van der Waals surface area contributed by atoms with Crippen molar-refractivity contribution in [2.24, 2.45) is 5.92 Å². The third-order valence-corrected chi connectivity index (χ3v) is 4.71. The standard InChI is InChI=1S/C15H22N4O2/c1-10-11(2)19(9-16-10)8-14(20)18-6-12-4-3-5-13(7-18)17-15(12)21/h9,12-13H,3-8H2,1-2H3,(H,17,21)/t12-,13+/m1/s1. The fourth-order valence-corrected chi connectivity index (χ4v) is 3.20. The molecule has 2 bridgehead atoms. The van der Waals surface area contributed by atoms with E-state index in [0.29, 0.717) is 19.6 Å². The highest BCUT2D eigenvalue weighted by atomic mass is 16.2. The first kappa shape index (κ1) is 14.1. The Hall–Kier alpha value is -1.85. The first-order valence-corrected chi connectivity index (χ1v) is 7.61. The van der Waals surface area contributed by atoms with E-state index in [4.69, 9.17) is 0 Å². The van der Waals surface area contributed by atoms with Crippen LogP contribution in [0.3, 0.4) is 0 Å². The van der Waals surface area contributed by atoms with Crippen LogP contribution in [0.25, 0.3) is 0 Å². The molecule has 0 aliphatic carbocycles. The maximum atomic E-state index is 12.6. The Morgan fingerprint density at radius 1 is 1.38 bits per heavy atom. The predicted octanol–water partition coefficient (Wildman–Crippen LogP) is 0.627. The fourth-order valence-electron chi connectivity index (χ4n) is 3.20. The van der Waals surface area contributed by atoms with Gasteiger partial charge in [-0.1, -0.05) is 6.42 Å². The molecule has 2 aliphatic heterocycles. The molecule has 0 radical (unpaired) electrons. The number of aryl methyl sites for hydroxylation is 1. The zero-order valence-electron chi connectivity index (χ0n) is 12.6. The van der Waals surface area contributed by atoms with E-state index in [9.17, 15) is 9.59 Å². The molecule has 6 nitrogen and oxygen atoms in total. The Bertz CT molecular complexity index is 566. The first-order chi connectivity index (χ1) is 10.0. The molecule has 1 aromatic rings. The molecule has 2 amide bonds. The number of hydrogen-bond donors (Lipinski definition) is 1. The van der Waals surface area contributed by atoms with E-state index in [1.54, 1.807) is 6.33 Å². The molecule has 3 rings (SSSR count). The summed E-state index contributed by atoms with van der Waals surface area (Å²) in [7, 11) is 0. The third kappa shape index (κ3) is 2.80. The summed E-state index contributed by atoms with van der Waals surface area (Å²) in [5, 5.41) is 3.05. The van der Waals surface area contributed by atoms with Crippen LogP contribution in [0.5, 0.6) is 0 Å². The van der Waals surface area contributed by atoms with Crippen LogP contribution >= 0.6 is 0 Å². The van der Waals surface area contributed by atoms with Crippen LogP contribution in [0.15, 0.2) is 6.33 Å². The van der Waals surface area contributed by atoms with E-state index >= 15 is 0 Å². The average molecular weight is 290 g/mol. The number of carbonyl (C=O) groups excluding carboxylic acids is 2. The molecule has 2 aliphatic rings. The first-order valence-electron chi connectivity index (χ1n) is 7.61. The fraction of sp³-hybridized carbons (Fsp3) is 0.667. The second-order valence-corrected chi connectivity index (χ2v) is 6.18. The SMILES string of the molecule is Cc1ncn(CC(=O)N2C[C@@H]3CCC[C@H](C2)C(=O)N3)c1C. The van der Waals surface area contributed by atoms with Crippen molar-refractivity contribution in [2.75, 3.05) is 13.1 Å². The molecule has 114 valence electrons. The van der Waals surface area contributed by atoms with Gasteiger partial charge in [0.25, 0.3) is 0 Å². The van der Waals surface area contributed by atoms with E-state index in [0.717, 1.165) is 30.7 Å². The summed E-state index contributed by atoms with van der Waals surface area (Å²) in [6.07, 6.45) is 4.63. The Labute approximate surface area is 124 Å². The molecule has 0 aromatic carbocycles. The minimum atomic E-state index is -0.0490. The Morgan fingerprint density at radius 2 is 2.19 bits per heavy atom. The van der Waals surface area contributed by atoms with Crippen molar-refractivity contribution in [1.29, 1.82) is 0 Å². The molecule has 21 heavy (non-hydrogen) atoms. The molecule has 1 aromatic heterocycles. The van der Waals surface area contributed by atoms with Gasteiger partial charge in [0, 0.05) is 24.8 Å². The lowest BCUT2D eigenvalue weighted by atomic mass is 9.99. The third-order valence-electron chi connectivity index (χ3n) is 4.71. The lowest BCUT2D eigenvalue weighted by Crippen LogP contribution is -2.43. The van der Waals surface area contributed by atoms with E-state index in [1.807, 2.05) is 23.3 Å². The zero-order chi connectivity index (χ0) is 15.0. The summed E-state index contributed by atoms with van der Waals surface area (Å²) in [5.74, 6) is 0.137. The van der Waals surface area contributed by atoms with Gasteiger partial charge in [-0.3, -0.25) is 9.59 Å². The van der Waals surface area contributed by atoms with Gasteiger partial charge in [0.15, 0.2) is 0 Å². The molecule has 2 saturated heterocycles. The van der Waals surface area contributed by atoms with Crippen molar-refractivity contribution in [2.45, 2.75) is 45.7 Å². The topological polar surface area (TPSA) is 67.2 Å². The van der Waals surface area contributed by atoms with Crippen LogP contribution < -0.4 is 5.32 Å². The lowest BCUT2D eigenvalue weighted by molar-refractivity contribution is -0.133. The van der Waals surface area contributed by atoms with E-state index < -0.39 is 0 Å². The summed E-state index contributed by atoms with van der Waals surface area (Å²) in [6, 6.07) is 0.111. The molecular formula is C15H22N4O2. The monoisotopic (exact) mass is 290 g/mol. The number of hydrogen-bond acceptors (Lipinski definition) is 3. The van der Waals surface area contributed by atoms with Gasteiger partial charge in [-0.2, -0.15) is 0 Å². The molecule has 0 spiro atoms. The number of imidazole rings is 1. The minimum absolute atomic E-state index is 0.0490. The smallest absolute Gasteiger partial charge is 0.242 e. The number of likely N-dealkylation sites (tertiary alicyclic amines) is 1. The number of amides is 2. The molecule has 0 saturated carbocycles. The van der Waals surface area contributed by atoms with Crippen molar-refractivity contribution in [3.05, 3.63) is 17.7 Å². The quantitative estimate of drug-likeness (QED) is 0.868. The van der Waals surface area contributed by atoms with E-state index in [1.165, 1.54) is 0 Å². The number of nitrogens with zero attached hydrogens (tertiary/aromatic N) is 3. The second-order valence-electron chi connectivity index (χ2n) is 6.18. The molecule has 2 fully saturated rings. The summed E-state index contributed by atoms with van der Waals surface area (Å²) >= 11 is 0. The summed E-state index contributed by atoms with van der Waals surface area (Å²) < 4.78 is 1.88. The highest BCUT2D eigenvalue weighted by Gasteiger charge is 2.34. The van der Waals surface area contributed by atoms with Crippen molar-refractivity contribution < 1.29 is 9.59 Å². The van der Waals surface area contributed by atoms with Crippen LogP contribution in [0, 0.1) is 19.8 Å². The van der Waals surface area contributed by atoms with Gasteiger partial charge >= 0.3 is 0 Å². The molecule has 0 unspecified atom stereocenters. The van der Waals surface area contributed by atoms with E-state index in [-0.39, 0.29) is 23.8 Å². The van der Waals surface area contributed by atoms with Crippen molar-refractivity contribution in [3.63, 3.8) is 0 Å². The Morgan fingerprint density at radius 3 is 2.90 bits per heavy atom. The molecule has 3 heterocycles. The highest BCUT2D eigenvalue weighted by molar-refractivity contribution is 5.82. The van der Waals surface area contributed by atoms with Crippen molar-refractivity contribution in [1.82, 2.24) is 19.8 Å². The number of nitrogens with one attached hydrogen (secondary N) is 1. The molecular weight excluding hydrogens is 268 g/mol. The average Bonchev–Trinajstić information content (AvgIpc) is 2.61. The van der Waals surface area contributed by atoms with Crippen LogP contribution in [0.4, 0.5) is 0 Å². The summed E-state index contributed by atoms with van der Waals surface area (Å²) in [4.78, 5) is 30.6. The van der Waals surface area contributed by atoms with Gasteiger partial charge in [0.2, 0.25) is 11.8 Å². The van der Waals surface area contributed by atoms with Gasteiger partial charge in [-0.25, -0.2) is 4.98 Å². The second kappa shape index (κ2) is 5.50. The number of carbonyl (C=O) groups is 2. The van der Waals surface area contributed by atoms with Crippen molar-refractivity contribution in [3.8, 4) is 0 Å². The van der Waals surface area contributed by atoms with Gasteiger partial charge in [0.05, 0.1) is 17.9 Å². The maximum Gasteiger partial charge on any atom is 0.242 e. The summed E-state index contributed by atoms with van der Waals surface area (Å²) in [6.45, 7) is 5.40. The Balaban J connectivity index is 1.73. The van der Waals surface area contributed by atoms with Crippen LogP contribution in [0.1, 0.15) is 30.7 Å². The van der Waals surface area contributed by atoms with E-state index in [2.05, 4.69) is 10.3 Å². The summed E-state index contributed by atoms with van der Waals surface area (Å²) in [5.41, 5.74) is 1.97. The lowest BCUT2D eigenvalue weighted by Gasteiger charge is -2.27. The molecule has 1 N–H and O–H groups in total. The maximum absolute atomic E-state index is 12.6. The van der Waals surface area contributed by atoms with Gasteiger partial charge in [-0.05, 0) is 26.7 Å². The number of fused-ring (bicyclic) bond motifs is 3. The minimum Gasteiger partial charge on any atom is -0.351 e. The van der Waals surface area contributed by atoms with Crippen LogP contribution in [-0.2, 0) is 16.1 Å². The molecule has 2 atom stereocenters. The predicted molar refractivity (Wildman–Crippen MR) is 77.6 cm³/mol. The van der Waals surface area contributed by atoms with Gasteiger partial charge < -0.3 is 14.8 Å². The van der Waals surface area contributed by atoms with Crippen LogP contribution in [0.2, 0.25) is 0 Å². The van der Waals surface area contributed by atoms with Gasteiger partial charge in [-0.15, -0.1) is 0 Å². The normalized spacial score (nSPS) is 25.4. The van der Waals surface area contributed by atoms with Gasteiger partial charge in [0.1, 0.15) is 6.54 Å². The zero-order valence-corrected chi connectivity index (χ0v) is 12.6. The number of rotatable bonds is 2. The molecule has 6 heteroatoms. The van der Waals surface area contributed by atoms with Crippen LogP contribution in [-0.4, -0.2) is 45.4 Å².